The van der Waals surface area contributed by atoms with Gasteiger partial charge in [0.2, 0.25) is 17.0 Å². The molecule has 1 aliphatic rings. The summed E-state index contributed by atoms with van der Waals surface area (Å²) in [4.78, 5) is 18.2. The largest absolute Gasteiger partial charge is 0.368 e. The Morgan fingerprint density at radius 3 is 3.10 bits per heavy atom. The molecule has 1 amide bonds. The van der Waals surface area contributed by atoms with Crippen LogP contribution in [0, 0.1) is 0 Å². The van der Waals surface area contributed by atoms with Gasteiger partial charge in [0.25, 0.3) is 0 Å². The van der Waals surface area contributed by atoms with Crippen LogP contribution in [0.25, 0.3) is 0 Å². The summed E-state index contributed by atoms with van der Waals surface area (Å²) in [5.74, 6) is 0.653. The predicted octanol–water partition coefficient (Wildman–Crippen LogP) is 1.46. The second-order valence-corrected chi connectivity index (χ2v) is 5.51. The number of amides is 1. The Balaban J connectivity index is 1.69. The lowest BCUT2D eigenvalue weighted by Gasteiger charge is -2.29. The molecule has 1 aromatic heterocycles. The van der Waals surface area contributed by atoms with Crippen molar-refractivity contribution in [3.8, 4) is 0 Å². The van der Waals surface area contributed by atoms with Gasteiger partial charge in [-0.05, 0) is 24.5 Å². The van der Waals surface area contributed by atoms with Crippen LogP contribution >= 0.6 is 11.8 Å². The number of fused-ring (bicyclic) bond motifs is 1. The van der Waals surface area contributed by atoms with Gasteiger partial charge in [-0.3, -0.25) is 4.79 Å². The Morgan fingerprint density at radius 1 is 1.45 bits per heavy atom. The lowest BCUT2D eigenvalue weighted by molar-refractivity contribution is -0.116. The third kappa shape index (κ3) is 2.62. The molecule has 7 heteroatoms. The van der Waals surface area contributed by atoms with Crippen molar-refractivity contribution in [3.05, 3.63) is 29.8 Å². The molecule has 0 radical (unpaired) electrons. The number of para-hydroxylation sites is 1. The number of H-pyrrole nitrogens is 1. The Kier molecular flexibility index (Phi) is 3.60. The van der Waals surface area contributed by atoms with E-state index >= 15 is 0 Å². The van der Waals surface area contributed by atoms with Gasteiger partial charge in [-0.2, -0.15) is 4.98 Å². The number of carbonyl (C=O) groups is 1. The number of aromatic nitrogens is 3. The van der Waals surface area contributed by atoms with E-state index in [4.69, 9.17) is 5.73 Å². The summed E-state index contributed by atoms with van der Waals surface area (Å²) in [6.07, 6.45) is 2.03. The van der Waals surface area contributed by atoms with Crippen molar-refractivity contribution in [3.63, 3.8) is 0 Å². The van der Waals surface area contributed by atoms with Gasteiger partial charge >= 0.3 is 0 Å². The van der Waals surface area contributed by atoms with E-state index in [1.165, 1.54) is 17.3 Å². The maximum Gasteiger partial charge on any atom is 0.237 e. The molecule has 0 saturated heterocycles. The summed E-state index contributed by atoms with van der Waals surface area (Å²) >= 11 is 1.29. The van der Waals surface area contributed by atoms with Crippen molar-refractivity contribution >= 4 is 29.3 Å². The molecule has 0 saturated carbocycles. The first-order valence-corrected chi connectivity index (χ1v) is 7.41. The number of benzene rings is 1. The van der Waals surface area contributed by atoms with Crippen LogP contribution in [0.15, 0.2) is 29.4 Å². The number of nitrogens with zero attached hydrogens (tertiary/aromatic N) is 3. The van der Waals surface area contributed by atoms with Gasteiger partial charge < -0.3 is 10.6 Å². The van der Waals surface area contributed by atoms with E-state index < -0.39 is 0 Å². The number of carbonyl (C=O) groups excluding carboxylic acids is 1. The SMILES string of the molecule is Nc1nc(SCC(=O)N2CCCc3ccccc32)n[nH]1. The van der Waals surface area contributed by atoms with Crippen LogP contribution in [0.5, 0.6) is 0 Å². The highest BCUT2D eigenvalue weighted by molar-refractivity contribution is 7.99. The van der Waals surface area contributed by atoms with Gasteiger partial charge in [0.15, 0.2) is 0 Å². The van der Waals surface area contributed by atoms with Gasteiger partial charge in [0.05, 0.1) is 5.75 Å². The van der Waals surface area contributed by atoms with Crippen LogP contribution in [0.2, 0.25) is 0 Å². The Hall–Kier alpha value is -2.02. The molecule has 1 aromatic carbocycles. The fraction of sp³-hybridized carbons (Fsp3) is 0.308. The zero-order valence-electron chi connectivity index (χ0n) is 10.9. The number of rotatable bonds is 3. The highest BCUT2D eigenvalue weighted by Crippen LogP contribution is 2.27. The van der Waals surface area contributed by atoms with Gasteiger partial charge in [0.1, 0.15) is 0 Å². The summed E-state index contributed by atoms with van der Waals surface area (Å²) in [5.41, 5.74) is 7.72. The van der Waals surface area contributed by atoms with Crippen molar-refractivity contribution in [1.82, 2.24) is 15.2 Å². The van der Waals surface area contributed by atoms with Crippen molar-refractivity contribution in [2.45, 2.75) is 18.0 Å². The number of thioether (sulfide) groups is 1. The minimum absolute atomic E-state index is 0.0746. The number of nitrogen functional groups attached to an aromatic ring is 1. The van der Waals surface area contributed by atoms with Crippen molar-refractivity contribution < 1.29 is 4.79 Å². The summed E-state index contributed by atoms with van der Waals surface area (Å²) in [6.45, 7) is 0.770. The number of aromatic amines is 1. The predicted molar refractivity (Wildman–Crippen MR) is 78.6 cm³/mol. The summed E-state index contributed by atoms with van der Waals surface area (Å²) in [5, 5.41) is 6.97. The number of hydrogen-bond acceptors (Lipinski definition) is 5. The molecule has 104 valence electrons. The molecule has 0 atom stereocenters. The van der Waals surface area contributed by atoms with Gasteiger partial charge in [-0.25, -0.2) is 5.10 Å². The maximum atomic E-state index is 12.3. The van der Waals surface area contributed by atoms with E-state index in [-0.39, 0.29) is 11.9 Å². The van der Waals surface area contributed by atoms with Crippen LogP contribution in [0.1, 0.15) is 12.0 Å². The molecule has 1 aliphatic heterocycles. The second-order valence-electron chi connectivity index (χ2n) is 4.57. The summed E-state index contributed by atoms with van der Waals surface area (Å²) < 4.78 is 0. The first-order valence-electron chi connectivity index (χ1n) is 6.43. The van der Waals surface area contributed by atoms with Crippen LogP contribution in [0.4, 0.5) is 11.6 Å². The summed E-state index contributed by atoms with van der Waals surface area (Å²) in [6, 6.07) is 8.06. The first-order chi connectivity index (χ1) is 9.74. The number of aryl methyl sites for hydroxylation is 1. The fourth-order valence-electron chi connectivity index (χ4n) is 2.32. The molecule has 0 bridgehead atoms. The van der Waals surface area contributed by atoms with E-state index in [0.717, 1.165) is 25.1 Å². The molecule has 0 spiro atoms. The van der Waals surface area contributed by atoms with E-state index in [2.05, 4.69) is 21.2 Å². The zero-order valence-corrected chi connectivity index (χ0v) is 11.7. The van der Waals surface area contributed by atoms with Gasteiger partial charge in [0, 0.05) is 12.2 Å². The first kappa shape index (κ1) is 13.0. The molecule has 2 heterocycles. The minimum atomic E-state index is 0.0746. The van der Waals surface area contributed by atoms with Crippen molar-refractivity contribution in [2.75, 3.05) is 22.9 Å². The molecule has 6 nitrogen and oxygen atoms in total. The van der Waals surface area contributed by atoms with E-state index in [1.54, 1.807) is 0 Å². The van der Waals surface area contributed by atoms with Crippen LogP contribution < -0.4 is 10.6 Å². The molecule has 20 heavy (non-hydrogen) atoms. The van der Waals surface area contributed by atoms with Gasteiger partial charge in [-0.1, -0.05) is 30.0 Å². The molecular formula is C13H15N5OS. The highest BCUT2D eigenvalue weighted by atomic mass is 32.2. The number of nitrogens with two attached hydrogens (primary N) is 1. The average Bonchev–Trinajstić information content (AvgIpc) is 2.90. The molecule has 0 unspecified atom stereocenters. The molecule has 2 aromatic rings. The summed E-state index contributed by atoms with van der Waals surface area (Å²) in [7, 11) is 0. The van der Waals surface area contributed by atoms with Crippen LogP contribution in [-0.2, 0) is 11.2 Å². The fourth-order valence-corrected chi connectivity index (χ4v) is 3.00. The smallest absolute Gasteiger partial charge is 0.237 e. The van der Waals surface area contributed by atoms with Crippen molar-refractivity contribution in [2.24, 2.45) is 0 Å². The third-order valence-electron chi connectivity index (χ3n) is 3.22. The van der Waals surface area contributed by atoms with Crippen LogP contribution in [-0.4, -0.2) is 33.4 Å². The molecular weight excluding hydrogens is 274 g/mol. The Morgan fingerprint density at radius 2 is 2.30 bits per heavy atom. The normalized spacial score (nSPS) is 14.1. The van der Waals surface area contributed by atoms with E-state index in [1.807, 2.05) is 23.1 Å². The topological polar surface area (TPSA) is 87.9 Å². The molecule has 0 aliphatic carbocycles. The molecule has 3 N–H and O–H groups in total. The minimum Gasteiger partial charge on any atom is -0.368 e. The second kappa shape index (κ2) is 5.54. The molecule has 3 rings (SSSR count). The maximum absolute atomic E-state index is 12.3. The highest BCUT2D eigenvalue weighted by Gasteiger charge is 2.22. The van der Waals surface area contributed by atoms with E-state index in [9.17, 15) is 4.79 Å². The Labute approximate surface area is 120 Å². The molecule has 0 fully saturated rings. The Bertz CT molecular complexity index is 627. The standard InChI is InChI=1S/C13H15N5OS/c14-12-15-13(17-16-12)20-8-11(19)18-7-3-5-9-4-1-2-6-10(9)18/h1-2,4,6H,3,5,7-8H2,(H3,14,15,16,17). The monoisotopic (exact) mass is 289 g/mol. The average molecular weight is 289 g/mol. The zero-order chi connectivity index (χ0) is 13.9. The number of anilines is 2. The van der Waals surface area contributed by atoms with E-state index in [0.29, 0.717) is 10.9 Å². The van der Waals surface area contributed by atoms with Crippen molar-refractivity contribution in [1.29, 1.82) is 0 Å². The number of hydrogen-bond donors (Lipinski definition) is 2. The third-order valence-corrected chi connectivity index (χ3v) is 4.05. The lowest BCUT2D eigenvalue weighted by Crippen LogP contribution is -2.36. The lowest BCUT2D eigenvalue weighted by atomic mass is 10.0. The quantitative estimate of drug-likeness (QED) is 0.835. The number of nitrogens with one attached hydrogen (secondary N) is 1. The van der Waals surface area contributed by atoms with Crippen LogP contribution in [0.3, 0.4) is 0 Å². The van der Waals surface area contributed by atoms with Gasteiger partial charge in [-0.15, -0.1) is 5.10 Å².